The molecule has 0 radical (unpaired) electrons. The molecule has 2 bridgehead atoms. The van der Waals surface area contributed by atoms with Crippen molar-refractivity contribution in [3.8, 4) is 0 Å². The van der Waals surface area contributed by atoms with Gasteiger partial charge in [-0.05, 0) is 60.8 Å². The third-order valence-electron chi connectivity index (χ3n) is 4.91. The molecule has 1 N–H and O–H groups in total. The predicted octanol–water partition coefficient (Wildman–Crippen LogP) is 3.23. The Morgan fingerprint density at radius 3 is 2.00 bits per heavy atom. The smallest absolute Gasteiger partial charge is 0.0486 e. The summed E-state index contributed by atoms with van der Waals surface area (Å²) in [6.45, 7) is 0. The highest BCUT2D eigenvalue weighted by Gasteiger charge is 2.38. The molecule has 2 aromatic rings. The fraction of sp³-hybridized carbons (Fsp3) is 0.412. The number of aromatic nitrogens is 1. The van der Waals surface area contributed by atoms with Crippen molar-refractivity contribution in [3.63, 3.8) is 0 Å². The molecule has 1 fully saturated rings. The fourth-order valence-electron chi connectivity index (χ4n) is 3.95. The van der Waals surface area contributed by atoms with Crippen LogP contribution in [0.2, 0.25) is 0 Å². The van der Waals surface area contributed by atoms with E-state index in [-0.39, 0.29) is 0 Å². The van der Waals surface area contributed by atoms with Gasteiger partial charge in [-0.2, -0.15) is 0 Å². The number of hydrogen-bond acceptors (Lipinski definition) is 1. The average molecular weight is 252 g/mol. The van der Waals surface area contributed by atoms with Crippen LogP contribution in [0.5, 0.6) is 0 Å². The maximum absolute atomic E-state index is 3.71. The molecular weight excluding hydrogens is 232 g/mol. The Hall–Kier alpha value is -1.70. The Balaban J connectivity index is 1.62. The second-order valence-corrected chi connectivity index (χ2v) is 6.02. The van der Waals surface area contributed by atoms with Crippen LogP contribution in [0.4, 0.5) is 0 Å². The largest absolute Gasteiger partial charge is 0.323 e. The Morgan fingerprint density at radius 2 is 1.42 bits per heavy atom. The van der Waals surface area contributed by atoms with E-state index in [4.69, 9.17) is 0 Å². The molecule has 1 saturated carbocycles. The number of nitrogens with zero attached hydrogens (tertiary/aromatic N) is 1. The molecule has 0 saturated heterocycles. The van der Waals surface area contributed by atoms with Gasteiger partial charge in [0.05, 0.1) is 0 Å². The molecule has 4 rings (SSSR count). The number of nitrogens with one attached hydrogen (secondary N) is 1. The third-order valence-corrected chi connectivity index (χ3v) is 4.91. The summed E-state index contributed by atoms with van der Waals surface area (Å²) in [5.41, 5.74) is 6.87. The van der Waals surface area contributed by atoms with Crippen molar-refractivity contribution in [2.45, 2.75) is 31.7 Å². The van der Waals surface area contributed by atoms with Crippen LogP contribution in [0.15, 0.2) is 48.8 Å². The van der Waals surface area contributed by atoms with E-state index >= 15 is 0 Å². The van der Waals surface area contributed by atoms with Crippen LogP contribution in [0, 0.1) is 11.8 Å². The molecule has 2 unspecified atom stereocenters. The zero-order valence-corrected chi connectivity index (χ0v) is 11.1. The SMILES string of the molecule is c1ccc2c(c1)CC1CCC(C2)C1Nn1cccc1. The lowest BCUT2D eigenvalue weighted by Gasteiger charge is -2.25. The molecular formula is C17H20N2. The summed E-state index contributed by atoms with van der Waals surface area (Å²) in [5.74, 6) is 1.58. The standard InChI is InChI=1S/C17H20N2/c1-2-6-14-12-16-8-7-15(11-13(14)5-1)17(16)18-19-9-3-4-10-19/h1-6,9-10,15-18H,7-8,11-12H2. The quantitative estimate of drug-likeness (QED) is 0.868. The number of benzene rings is 1. The molecule has 2 aliphatic rings. The van der Waals surface area contributed by atoms with Crippen molar-refractivity contribution < 1.29 is 0 Å². The summed E-state index contributed by atoms with van der Waals surface area (Å²) in [7, 11) is 0. The molecule has 2 nitrogen and oxygen atoms in total. The molecule has 2 atom stereocenters. The van der Waals surface area contributed by atoms with Gasteiger partial charge in [-0.1, -0.05) is 24.3 Å². The van der Waals surface area contributed by atoms with Crippen LogP contribution in [-0.2, 0) is 12.8 Å². The van der Waals surface area contributed by atoms with Crippen LogP contribution in [0.1, 0.15) is 24.0 Å². The van der Waals surface area contributed by atoms with E-state index in [2.05, 4.69) is 58.9 Å². The molecule has 1 aromatic carbocycles. The van der Waals surface area contributed by atoms with Gasteiger partial charge in [-0.15, -0.1) is 0 Å². The topological polar surface area (TPSA) is 17.0 Å². The first kappa shape index (κ1) is 11.2. The number of hydrogen-bond donors (Lipinski definition) is 1. The van der Waals surface area contributed by atoms with Gasteiger partial charge in [-0.25, -0.2) is 0 Å². The van der Waals surface area contributed by atoms with Gasteiger partial charge in [0, 0.05) is 18.4 Å². The molecule has 19 heavy (non-hydrogen) atoms. The first-order valence-electron chi connectivity index (χ1n) is 7.36. The van der Waals surface area contributed by atoms with E-state index < -0.39 is 0 Å². The molecule has 0 spiro atoms. The van der Waals surface area contributed by atoms with Crippen molar-refractivity contribution in [2.24, 2.45) is 11.8 Å². The van der Waals surface area contributed by atoms with Crippen molar-refractivity contribution in [2.75, 3.05) is 5.43 Å². The Labute approximate surface area is 114 Å². The zero-order valence-electron chi connectivity index (χ0n) is 11.1. The van der Waals surface area contributed by atoms with Gasteiger partial charge >= 0.3 is 0 Å². The molecule has 1 aromatic heterocycles. The second-order valence-electron chi connectivity index (χ2n) is 6.02. The minimum absolute atomic E-state index is 0.625. The van der Waals surface area contributed by atoms with E-state index in [0.29, 0.717) is 6.04 Å². The van der Waals surface area contributed by atoms with E-state index in [0.717, 1.165) is 11.8 Å². The summed E-state index contributed by atoms with van der Waals surface area (Å²) in [6.07, 6.45) is 9.45. The van der Waals surface area contributed by atoms with E-state index in [1.807, 2.05) is 0 Å². The second kappa shape index (κ2) is 4.44. The van der Waals surface area contributed by atoms with Crippen LogP contribution in [0.25, 0.3) is 0 Å². The van der Waals surface area contributed by atoms with Crippen LogP contribution in [0.3, 0.4) is 0 Å². The van der Waals surface area contributed by atoms with Gasteiger partial charge in [0.15, 0.2) is 0 Å². The van der Waals surface area contributed by atoms with Gasteiger partial charge in [0.25, 0.3) is 0 Å². The van der Waals surface area contributed by atoms with Crippen molar-refractivity contribution in [1.82, 2.24) is 4.68 Å². The first-order valence-corrected chi connectivity index (χ1v) is 7.36. The molecule has 0 aliphatic heterocycles. The van der Waals surface area contributed by atoms with Crippen LogP contribution in [-0.4, -0.2) is 10.7 Å². The predicted molar refractivity (Wildman–Crippen MR) is 77.6 cm³/mol. The fourth-order valence-corrected chi connectivity index (χ4v) is 3.95. The summed E-state index contributed by atoms with van der Waals surface area (Å²) in [5, 5.41) is 0. The maximum Gasteiger partial charge on any atom is 0.0486 e. The molecule has 0 amide bonds. The number of rotatable bonds is 2. The zero-order chi connectivity index (χ0) is 12.7. The lowest BCUT2D eigenvalue weighted by Crippen LogP contribution is -2.35. The minimum Gasteiger partial charge on any atom is -0.323 e. The maximum atomic E-state index is 3.71. The normalized spacial score (nSPS) is 28.7. The molecule has 2 aliphatic carbocycles. The summed E-state index contributed by atoms with van der Waals surface area (Å²) < 4.78 is 2.13. The van der Waals surface area contributed by atoms with Gasteiger partial charge < -0.3 is 5.43 Å². The van der Waals surface area contributed by atoms with Crippen molar-refractivity contribution in [3.05, 3.63) is 59.9 Å². The Bertz CT molecular complexity index is 525. The molecule has 2 heteroatoms. The third kappa shape index (κ3) is 1.95. The summed E-state index contributed by atoms with van der Waals surface area (Å²) >= 11 is 0. The highest BCUT2D eigenvalue weighted by molar-refractivity contribution is 5.31. The monoisotopic (exact) mass is 252 g/mol. The number of fused-ring (bicyclic) bond motifs is 3. The van der Waals surface area contributed by atoms with Crippen LogP contribution >= 0.6 is 0 Å². The van der Waals surface area contributed by atoms with Crippen LogP contribution < -0.4 is 5.43 Å². The van der Waals surface area contributed by atoms with Gasteiger partial charge in [-0.3, -0.25) is 4.68 Å². The Morgan fingerprint density at radius 1 is 0.842 bits per heavy atom. The first-order chi connectivity index (χ1) is 9.40. The lowest BCUT2D eigenvalue weighted by molar-refractivity contribution is 0.419. The minimum atomic E-state index is 0.625. The van der Waals surface area contributed by atoms with Crippen molar-refractivity contribution >= 4 is 0 Å². The average Bonchev–Trinajstić information content (AvgIpc) is 2.99. The highest BCUT2D eigenvalue weighted by atomic mass is 15.4. The van der Waals surface area contributed by atoms with E-state index in [1.54, 1.807) is 11.1 Å². The van der Waals surface area contributed by atoms with E-state index in [9.17, 15) is 0 Å². The summed E-state index contributed by atoms with van der Waals surface area (Å²) in [6, 6.07) is 13.8. The molecule has 98 valence electrons. The van der Waals surface area contributed by atoms with E-state index in [1.165, 1.54) is 25.7 Å². The molecule has 1 heterocycles. The van der Waals surface area contributed by atoms with Crippen molar-refractivity contribution in [1.29, 1.82) is 0 Å². The Kier molecular flexibility index (Phi) is 2.61. The summed E-state index contributed by atoms with van der Waals surface area (Å²) in [4.78, 5) is 0. The highest BCUT2D eigenvalue weighted by Crippen LogP contribution is 2.40. The lowest BCUT2D eigenvalue weighted by atomic mass is 9.94. The van der Waals surface area contributed by atoms with Gasteiger partial charge in [0.1, 0.15) is 0 Å². The van der Waals surface area contributed by atoms with Gasteiger partial charge in [0.2, 0.25) is 0 Å².